The van der Waals surface area contributed by atoms with Crippen molar-refractivity contribution in [2.75, 3.05) is 12.8 Å². The quantitative estimate of drug-likeness (QED) is 0.662. The van der Waals surface area contributed by atoms with E-state index in [2.05, 4.69) is 10.2 Å². The summed E-state index contributed by atoms with van der Waals surface area (Å²) in [6, 6.07) is 5.60. The Morgan fingerprint density at radius 3 is 3.08 bits per heavy atom. The average Bonchev–Trinajstić information content (AvgIpc) is 2.47. The number of fused-ring (bicyclic) bond motifs is 1. The van der Waals surface area contributed by atoms with Gasteiger partial charge in [-0.25, -0.2) is 0 Å². The molecule has 12 heavy (non-hydrogen) atoms. The topological polar surface area (TPSA) is 63.9 Å². The monoisotopic (exact) mass is 163 g/mol. The Hall–Kier alpha value is -1.71. The zero-order valence-electron chi connectivity index (χ0n) is 6.66. The predicted molar refractivity (Wildman–Crippen MR) is 47.1 cm³/mol. The number of benzene rings is 1. The van der Waals surface area contributed by atoms with Crippen LogP contribution in [0.25, 0.3) is 10.9 Å². The normalized spacial score (nSPS) is 10.4. The number of aromatic nitrogens is 2. The van der Waals surface area contributed by atoms with E-state index in [0.29, 0.717) is 5.82 Å². The molecule has 0 spiro atoms. The van der Waals surface area contributed by atoms with Gasteiger partial charge in [0.25, 0.3) is 0 Å². The molecule has 4 heteroatoms. The number of nitrogens with two attached hydrogens (primary N) is 1. The second kappa shape index (κ2) is 2.41. The summed E-state index contributed by atoms with van der Waals surface area (Å²) in [6.45, 7) is 0. The first-order valence-electron chi connectivity index (χ1n) is 3.59. The molecule has 0 aliphatic carbocycles. The van der Waals surface area contributed by atoms with E-state index < -0.39 is 0 Å². The number of methoxy groups -OCH3 is 1. The summed E-state index contributed by atoms with van der Waals surface area (Å²) in [5.41, 5.74) is 6.48. The molecule has 0 radical (unpaired) electrons. The van der Waals surface area contributed by atoms with E-state index in [4.69, 9.17) is 10.5 Å². The molecule has 0 aliphatic heterocycles. The summed E-state index contributed by atoms with van der Waals surface area (Å²) in [5, 5.41) is 7.60. The zero-order chi connectivity index (χ0) is 8.55. The van der Waals surface area contributed by atoms with Crippen LogP contribution in [0, 0.1) is 0 Å². The van der Waals surface area contributed by atoms with Crippen LogP contribution in [0.4, 0.5) is 5.82 Å². The number of hydrogen-bond acceptors (Lipinski definition) is 3. The third-order valence-corrected chi connectivity index (χ3v) is 1.80. The summed E-state index contributed by atoms with van der Waals surface area (Å²) in [7, 11) is 1.63. The summed E-state index contributed by atoms with van der Waals surface area (Å²) >= 11 is 0. The molecule has 0 amide bonds. The Balaban J connectivity index is 2.69. The Labute approximate surface area is 69.3 Å². The number of aromatic amines is 1. The standard InChI is InChI=1S/C8H9N3O/c1-12-5-2-3-6-7(4-5)10-11-8(6)9/h2-4H,1H3,(H3,9,10,11). The van der Waals surface area contributed by atoms with Crippen LogP contribution < -0.4 is 10.5 Å². The number of H-pyrrole nitrogens is 1. The third kappa shape index (κ3) is 0.887. The molecule has 1 heterocycles. The molecule has 3 N–H and O–H groups in total. The minimum absolute atomic E-state index is 0.521. The predicted octanol–water partition coefficient (Wildman–Crippen LogP) is 1.15. The van der Waals surface area contributed by atoms with Crippen molar-refractivity contribution in [1.82, 2.24) is 10.2 Å². The van der Waals surface area contributed by atoms with Gasteiger partial charge in [0.05, 0.1) is 12.6 Å². The summed E-state index contributed by atoms with van der Waals surface area (Å²) < 4.78 is 5.04. The highest BCUT2D eigenvalue weighted by Gasteiger charge is 2.01. The molecule has 0 saturated carbocycles. The van der Waals surface area contributed by atoms with Gasteiger partial charge >= 0.3 is 0 Å². The van der Waals surface area contributed by atoms with Gasteiger partial charge in [0.1, 0.15) is 5.75 Å². The van der Waals surface area contributed by atoms with Gasteiger partial charge in [0.15, 0.2) is 5.82 Å². The van der Waals surface area contributed by atoms with Crippen molar-refractivity contribution in [3.05, 3.63) is 18.2 Å². The SMILES string of the molecule is COc1ccc2c(N)n[nH]c2c1. The van der Waals surface area contributed by atoms with Gasteiger partial charge in [-0.15, -0.1) is 0 Å². The van der Waals surface area contributed by atoms with E-state index in [1.165, 1.54) is 0 Å². The Kier molecular flexibility index (Phi) is 1.40. The van der Waals surface area contributed by atoms with Gasteiger partial charge in [-0.3, -0.25) is 5.10 Å². The number of ether oxygens (including phenoxy) is 1. The van der Waals surface area contributed by atoms with Gasteiger partial charge in [-0.1, -0.05) is 0 Å². The number of anilines is 1. The Bertz CT molecular complexity index is 408. The number of nitrogens with zero attached hydrogens (tertiary/aromatic N) is 1. The molecule has 1 aromatic carbocycles. The first kappa shape index (κ1) is 6.97. The maximum Gasteiger partial charge on any atom is 0.153 e. The second-order valence-electron chi connectivity index (χ2n) is 2.52. The molecule has 2 rings (SSSR count). The molecule has 0 unspecified atom stereocenters. The van der Waals surface area contributed by atoms with E-state index in [9.17, 15) is 0 Å². The van der Waals surface area contributed by atoms with Gasteiger partial charge in [0, 0.05) is 11.5 Å². The van der Waals surface area contributed by atoms with E-state index in [-0.39, 0.29) is 0 Å². The molecule has 0 bridgehead atoms. The van der Waals surface area contributed by atoms with Gasteiger partial charge in [-0.2, -0.15) is 5.10 Å². The largest absolute Gasteiger partial charge is 0.497 e. The van der Waals surface area contributed by atoms with Gasteiger partial charge < -0.3 is 10.5 Å². The van der Waals surface area contributed by atoms with E-state index >= 15 is 0 Å². The lowest BCUT2D eigenvalue weighted by Gasteiger charge is -1.97. The lowest BCUT2D eigenvalue weighted by Crippen LogP contribution is -1.84. The number of nitrogen functional groups attached to an aromatic ring is 1. The second-order valence-corrected chi connectivity index (χ2v) is 2.52. The van der Waals surface area contributed by atoms with Crippen molar-refractivity contribution in [1.29, 1.82) is 0 Å². The Morgan fingerprint density at radius 1 is 1.50 bits per heavy atom. The van der Waals surface area contributed by atoms with E-state index in [1.807, 2.05) is 18.2 Å². The molecular weight excluding hydrogens is 154 g/mol. The fourth-order valence-corrected chi connectivity index (χ4v) is 1.15. The van der Waals surface area contributed by atoms with Crippen LogP contribution in [0.2, 0.25) is 0 Å². The van der Waals surface area contributed by atoms with Crippen LogP contribution in [-0.4, -0.2) is 17.3 Å². The van der Waals surface area contributed by atoms with Crippen LogP contribution in [0.1, 0.15) is 0 Å². The molecule has 2 aromatic rings. The smallest absolute Gasteiger partial charge is 0.153 e. The zero-order valence-corrected chi connectivity index (χ0v) is 6.66. The lowest BCUT2D eigenvalue weighted by atomic mass is 10.2. The fraction of sp³-hybridized carbons (Fsp3) is 0.125. The molecule has 0 atom stereocenters. The highest BCUT2D eigenvalue weighted by atomic mass is 16.5. The van der Waals surface area contributed by atoms with Crippen LogP contribution in [-0.2, 0) is 0 Å². The average molecular weight is 163 g/mol. The minimum atomic E-state index is 0.521. The first-order chi connectivity index (χ1) is 5.81. The first-order valence-corrected chi connectivity index (χ1v) is 3.59. The summed E-state index contributed by atoms with van der Waals surface area (Å²) in [4.78, 5) is 0. The van der Waals surface area contributed by atoms with Crippen LogP contribution in [0.15, 0.2) is 18.2 Å². The molecular formula is C8H9N3O. The molecule has 4 nitrogen and oxygen atoms in total. The number of rotatable bonds is 1. The molecule has 0 aliphatic rings. The fourth-order valence-electron chi connectivity index (χ4n) is 1.15. The molecule has 0 saturated heterocycles. The van der Waals surface area contributed by atoms with Gasteiger partial charge in [0.2, 0.25) is 0 Å². The van der Waals surface area contributed by atoms with E-state index in [0.717, 1.165) is 16.7 Å². The number of hydrogen-bond donors (Lipinski definition) is 2. The van der Waals surface area contributed by atoms with E-state index in [1.54, 1.807) is 7.11 Å². The molecule has 0 fully saturated rings. The Morgan fingerprint density at radius 2 is 2.33 bits per heavy atom. The van der Waals surface area contributed by atoms with Crippen molar-refractivity contribution in [2.24, 2.45) is 0 Å². The van der Waals surface area contributed by atoms with Crippen molar-refractivity contribution >= 4 is 16.7 Å². The summed E-state index contributed by atoms with van der Waals surface area (Å²) in [6.07, 6.45) is 0. The van der Waals surface area contributed by atoms with Crippen LogP contribution >= 0.6 is 0 Å². The van der Waals surface area contributed by atoms with Crippen molar-refractivity contribution < 1.29 is 4.74 Å². The van der Waals surface area contributed by atoms with Gasteiger partial charge in [-0.05, 0) is 12.1 Å². The maximum atomic E-state index is 5.58. The lowest BCUT2D eigenvalue weighted by molar-refractivity contribution is 0.415. The molecule has 1 aromatic heterocycles. The third-order valence-electron chi connectivity index (χ3n) is 1.80. The maximum absolute atomic E-state index is 5.58. The highest BCUT2D eigenvalue weighted by Crippen LogP contribution is 2.22. The van der Waals surface area contributed by atoms with Crippen LogP contribution in [0.3, 0.4) is 0 Å². The molecule has 62 valence electrons. The highest BCUT2D eigenvalue weighted by molar-refractivity contribution is 5.89. The van der Waals surface area contributed by atoms with Crippen LogP contribution in [0.5, 0.6) is 5.75 Å². The minimum Gasteiger partial charge on any atom is -0.497 e. The van der Waals surface area contributed by atoms with Crippen molar-refractivity contribution in [3.63, 3.8) is 0 Å². The summed E-state index contributed by atoms with van der Waals surface area (Å²) in [5.74, 6) is 1.32. The van der Waals surface area contributed by atoms with Crippen molar-refractivity contribution in [2.45, 2.75) is 0 Å². The van der Waals surface area contributed by atoms with Crippen molar-refractivity contribution in [3.8, 4) is 5.75 Å². The number of nitrogens with one attached hydrogen (secondary N) is 1.